The van der Waals surface area contributed by atoms with Crippen LogP contribution in [0.2, 0.25) is 0 Å². The summed E-state index contributed by atoms with van der Waals surface area (Å²) in [5, 5.41) is 0. The minimum absolute atomic E-state index is 0. The monoisotopic (exact) mass is 389 g/mol. The molecule has 4 heterocycles. The molecule has 4 saturated heterocycles. The fraction of sp³-hybridized carbons (Fsp3) is 0.571. The fourth-order valence-corrected chi connectivity index (χ4v) is 4.67. The number of sulfone groups is 1. The van der Waals surface area contributed by atoms with E-state index in [9.17, 15) is 8.42 Å². The van der Waals surface area contributed by atoms with Crippen molar-refractivity contribution in [2.75, 3.05) is 46.3 Å². The van der Waals surface area contributed by atoms with Gasteiger partial charge in [-0.25, -0.2) is 23.1 Å². The molecule has 5 rings (SSSR count). The number of hydrogen-bond acceptors (Lipinski definition) is 5. The molecule has 22 heavy (non-hydrogen) atoms. The van der Waals surface area contributed by atoms with Gasteiger partial charge in [0, 0.05) is 11.8 Å². The van der Waals surface area contributed by atoms with Crippen LogP contribution >= 0.6 is 17.0 Å². The van der Waals surface area contributed by atoms with Crippen LogP contribution in [-0.2, 0) is 16.4 Å². The van der Waals surface area contributed by atoms with Crippen molar-refractivity contribution in [3.63, 3.8) is 0 Å². The second kappa shape index (κ2) is 5.54. The number of nitrogens with zero attached hydrogens (tertiary/aromatic N) is 4. The molecule has 8 heteroatoms. The molecule has 1 aromatic rings. The second-order valence-electron chi connectivity index (χ2n) is 6.78. The zero-order valence-electron chi connectivity index (χ0n) is 12.7. The molecular formula is C14H22BrN4O2S+. The smallest absolute Gasteiger partial charge is 0.175 e. The van der Waals surface area contributed by atoms with Crippen LogP contribution in [0.3, 0.4) is 0 Å². The van der Waals surface area contributed by atoms with Crippen LogP contribution in [0.15, 0.2) is 29.2 Å². The van der Waals surface area contributed by atoms with Gasteiger partial charge in [0.05, 0.1) is 24.9 Å². The number of benzene rings is 1. The Balaban J connectivity index is 0.00000144. The van der Waals surface area contributed by atoms with Crippen LogP contribution < -0.4 is 0 Å². The Hall–Kier alpha value is -0.510. The SMILES string of the molecule is Br.CS(=O)(=O)c1ccc(C[N+]23CN4CN(CN(C4)C2)C3)cc1. The summed E-state index contributed by atoms with van der Waals surface area (Å²) in [6.07, 6.45) is 1.25. The molecule has 0 spiro atoms. The molecule has 0 aromatic heterocycles. The largest absolute Gasteiger partial charge is 0.282 e. The molecule has 4 fully saturated rings. The van der Waals surface area contributed by atoms with E-state index in [-0.39, 0.29) is 17.0 Å². The maximum atomic E-state index is 11.5. The topological polar surface area (TPSA) is 43.9 Å². The van der Waals surface area contributed by atoms with Gasteiger partial charge < -0.3 is 0 Å². The number of rotatable bonds is 3. The first kappa shape index (κ1) is 16.4. The molecule has 0 radical (unpaired) electrons. The summed E-state index contributed by atoms with van der Waals surface area (Å²) in [7, 11) is -3.10. The molecule has 122 valence electrons. The Morgan fingerprint density at radius 3 is 1.82 bits per heavy atom. The van der Waals surface area contributed by atoms with Crippen molar-refractivity contribution in [3.8, 4) is 0 Å². The number of halogens is 1. The standard InChI is InChI=1S/C14H21N4O2S.BrH/c1-21(19,20)14-4-2-13(3-5-14)6-18-10-15-7-16(11-18)9-17(8-15)12-18;/h2-5H,6-12H2,1H3;1H/q+1;. The molecule has 0 unspecified atom stereocenters. The highest BCUT2D eigenvalue weighted by molar-refractivity contribution is 8.93. The lowest BCUT2D eigenvalue weighted by atomic mass is 10.1. The van der Waals surface area contributed by atoms with Gasteiger partial charge in [0.2, 0.25) is 0 Å². The quantitative estimate of drug-likeness (QED) is 0.711. The van der Waals surface area contributed by atoms with Gasteiger partial charge in [-0.3, -0.25) is 4.48 Å². The van der Waals surface area contributed by atoms with Gasteiger partial charge in [-0.05, 0) is 12.1 Å². The molecule has 4 aliphatic heterocycles. The highest BCUT2D eigenvalue weighted by Gasteiger charge is 2.48. The summed E-state index contributed by atoms with van der Waals surface area (Å²) >= 11 is 0. The molecule has 0 N–H and O–H groups in total. The molecule has 0 atom stereocenters. The zero-order valence-corrected chi connectivity index (χ0v) is 15.2. The van der Waals surface area contributed by atoms with Gasteiger partial charge in [0.25, 0.3) is 0 Å². The van der Waals surface area contributed by atoms with Gasteiger partial charge in [0.15, 0.2) is 9.84 Å². The van der Waals surface area contributed by atoms with E-state index in [1.54, 1.807) is 12.1 Å². The number of quaternary nitrogens is 1. The van der Waals surface area contributed by atoms with E-state index in [0.717, 1.165) is 51.0 Å². The Morgan fingerprint density at radius 2 is 1.41 bits per heavy atom. The third-order valence-corrected chi connectivity index (χ3v) is 5.70. The molecule has 0 saturated carbocycles. The molecule has 0 aliphatic carbocycles. The van der Waals surface area contributed by atoms with Crippen molar-refractivity contribution >= 4 is 26.8 Å². The predicted octanol–water partition coefficient (Wildman–Crippen LogP) is 0.677. The van der Waals surface area contributed by atoms with Gasteiger partial charge >= 0.3 is 0 Å². The molecule has 4 aliphatic rings. The molecule has 0 amide bonds. The average molecular weight is 390 g/mol. The molecular weight excluding hydrogens is 368 g/mol. The van der Waals surface area contributed by atoms with E-state index in [1.165, 1.54) is 11.8 Å². The predicted molar refractivity (Wildman–Crippen MR) is 88.6 cm³/mol. The zero-order chi connectivity index (χ0) is 14.7. The molecule has 6 nitrogen and oxygen atoms in total. The van der Waals surface area contributed by atoms with E-state index in [2.05, 4.69) is 14.7 Å². The normalized spacial score (nSPS) is 36.1. The lowest BCUT2D eigenvalue weighted by Gasteiger charge is -2.60. The maximum Gasteiger partial charge on any atom is 0.175 e. The van der Waals surface area contributed by atoms with Crippen LogP contribution in [0.1, 0.15) is 5.56 Å². The summed E-state index contributed by atoms with van der Waals surface area (Å²) in [6.45, 7) is 7.52. The van der Waals surface area contributed by atoms with Crippen molar-refractivity contribution in [3.05, 3.63) is 29.8 Å². The first-order valence-corrected chi connectivity index (χ1v) is 9.12. The second-order valence-corrected chi connectivity index (χ2v) is 8.79. The first-order chi connectivity index (χ1) is 9.92. The van der Waals surface area contributed by atoms with E-state index >= 15 is 0 Å². The highest BCUT2D eigenvalue weighted by atomic mass is 79.9. The summed E-state index contributed by atoms with van der Waals surface area (Å²) in [6, 6.07) is 7.40. The summed E-state index contributed by atoms with van der Waals surface area (Å²) in [5.41, 5.74) is 1.22. The van der Waals surface area contributed by atoms with Gasteiger partial charge in [-0.15, -0.1) is 17.0 Å². The Kier molecular flexibility index (Phi) is 4.12. The average Bonchev–Trinajstić information content (AvgIpc) is 2.35. The van der Waals surface area contributed by atoms with Crippen molar-refractivity contribution in [1.29, 1.82) is 0 Å². The fourth-order valence-electron chi connectivity index (χ4n) is 4.04. The third kappa shape index (κ3) is 2.95. The van der Waals surface area contributed by atoms with Gasteiger partial charge in [-0.1, -0.05) is 12.1 Å². The Labute approximate surface area is 142 Å². The van der Waals surface area contributed by atoms with Crippen LogP contribution in [0.5, 0.6) is 0 Å². The molecule has 1 aromatic carbocycles. The first-order valence-electron chi connectivity index (χ1n) is 7.23. The van der Waals surface area contributed by atoms with Crippen LogP contribution in [0.25, 0.3) is 0 Å². The summed E-state index contributed by atoms with van der Waals surface area (Å²) in [4.78, 5) is 7.87. The third-order valence-electron chi connectivity index (χ3n) is 4.57. The minimum Gasteiger partial charge on any atom is -0.282 e. The van der Waals surface area contributed by atoms with E-state index in [1.807, 2.05) is 12.1 Å². The van der Waals surface area contributed by atoms with Crippen molar-refractivity contribution in [1.82, 2.24) is 14.7 Å². The summed E-state index contributed by atoms with van der Waals surface area (Å²) in [5.74, 6) is 0. The van der Waals surface area contributed by atoms with E-state index in [4.69, 9.17) is 0 Å². The van der Waals surface area contributed by atoms with Crippen LogP contribution in [0.4, 0.5) is 0 Å². The summed E-state index contributed by atoms with van der Waals surface area (Å²) < 4.78 is 24.1. The van der Waals surface area contributed by atoms with Crippen molar-refractivity contribution in [2.24, 2.45) is 0 Å². The highest BCUT2D eigenvalue weighted by Crippen LogP contribution is 2.30. The molecule has 4 bridgehead atoms. The van der Waals surface area contributed by atoms with Gasteiger partial charge in [0.1, 0.15) is 26.6 Å². The van der Waals surface area contributed by atoms with Gasteiger partial charge in [-0.2, -0.15) is 0 Å². The van der Waals surface area contributed by atoms with E-state index < -0.39 is 9.84 Å². The van der Waals surface area contributed by atoms with Crippen LogP contribution in [0, 0.1) is 0 Å². The number of hydrogen-bond donors (Lipinski definition) is 0. The van der Waals surface area contributed by atoms with Crippen molar-refractivity contribution in [2.45, 2.75) is 11.4 Å². The Morgan fingerprint density at radius 1 is 0.955 bits per heavy atom. The van der Waals surface area contributed by atoms with E-state index in [0.29, 0.717) is 4.90 Å². The lowest BCUT2D eigenvalue weighted by molar-refractivity contribution is -0.991. The van der Waals surface area contributed by atoms with Crippen LogP contribution in [-0.4, -0.2) is 73.9 Å². The van der Waals surface area contributed by atoms with Crippen molar-refractivity contribution < 1.29 is 12.9 Å². The lowest BCUT2D eigenvalue weighted by Crippen LogP contribution is -2.78. The maximum absolute atomic E-state index is 11.5. The minimum atomic E-state index is -3.10. The Bertz CT molecular complexity index is 627.